The Balaban J connectivity index is 1.42. The van der Waals surface area contributed by atoms with Gasteiger partial charge in [-0.2, -0.15) is 10.2 Å². The van der Waals surface area contributed by atoms with E-state index in [9.17, 15) is 4.39 Å². The lowest BCUT2D eigenvalue weighted by Crippen LogP contribution is -2.31. The van der Waals surface area contributed by atoms with E-state index in [2.05, 4.69) is 22.4 Å². The summed E-state index contributed by atoms with van der Waals surface area (Å²) in [5, 5.41) is 12.3. The predicted molar refractivity (Wildman–Crippen MR) is 95.4 cm³/mol. The van der Waals surface area contributed by atoms with Crippen LogP contribution in [0.25, 0.3) is 5.69 Å². The van der Waals surface area contributed by atoms with Crippen molar-refractivity contribution >= 4 is 0 Å². The lowest BCUT2D eigenvalue weighted by Gasteiger charge is -2.19. The van der Waals surface area contributed by atoms with Gasteiger partial charge in [-0.05, 0) is 37.6 Å². The Morgan fingerprint density at radius 3 is 2.77 bits per heavy atom. The number of nitrogens with zero attached hydrogens (tertiary/aromatic N) is 4. The first kappa shape index (κ1) is 16.9. The van der Waals surface area contributed by atoms with Crippen molar-refractivity contribution in [1.82, 2.24) is 24.9 Å². The van der Waals surface area contributed by atoms with Crippen molar-refractivity contribution in [2.45, 2.75) is 32.0 Å². The van der Waals surface area contributed by atoms with Gasteiger partial charge < -0.3 is 10.1 Å². The van der Waals surface area contributed by atoms with Gasteiger partial charge in [-0.1, -0.05) is 0 Å². The smallest absolute Gasteiger partial charge is 0.123 e. The van der Waals surface area contributed by atoms with Crippen molar-refractivity contribution in [2.24, 2.45) is 7.05 Å². The number of hydrogen-bond acceptors (Lipinski definition) is 4. The van der Waals surface area contributed by atoms with Crippen molar-refractivity contribution in [3.63, 3.8) is 0 Å². The van der Waals surface area contributed by atoms with Gasteiger partial charge in [0.15, 0.2) is 0 Å². The Bertz CT molecular complexity index is 886. The van der Waals surface area contributed by atoms with Gasteiger partial charge in [-0.3, -0.25) is 4.68 Å². The fourth-order valence-electron chi connectivity index (χ4n) is 3.34. The molecule has 0 saturated carbocycles. The van der Waals surface area contributed by atoms with Gasteiger partial charge in [0.2, 0.25) is 0 Å². The van der Waals surface area contributed by atoms with E-state index in [1.807, 2.05) is 30.3 Å². The number of rotatable bonds is 5. The lowest BCUT2D eigenvalue weighted by molar-refractivity contribution is 0.0979. The Morgan fingerprint density at radius 2 is 2.04 bits per heavy atom. The van der Waals surface area contributed by atoms with Crippen LogP contribution in [0.4, 0.5) is 4.39 Å². The van der Waals surface area contributed by atoms with Crippen LogP contribution in [0.3, 0.4) is 0 Å². The molecule has 1 aromatic carbocycles. The lowest BCUT2D eigenvalue weighted by atomic mass is 10.0. The summed E-state index contributed by atoms with van der Waals surface area (Å²) >= 11 is 0. The van der Waals surface area contributed by atoms with Crippen molar-refractivity contribution in [3.05, 3.63) is 65.5 Å². The molecule has 26 heavy (non-hydrogen) atoms. The third-order valence-electron chi connectivity index (χ3n) is 4.97. The van der Waals surface area contributed by atoms with E-state index in [-0.39, 0.29) is 18.0 Å². The van der Waals surface area contributed by atoms with Gasteiger partial charge in [-0.25, -0.2) is 9.07 Å². The van der Waals surface area contributed by atoms with Gasteiger partial charge in [0, 0.05) is 49.3 Å². The van der Waals surface area contributed by atoms with Crippen LogP contribution in [0, 0.1) is 12.7 Å². The number of ether oxygens (including phenoxy) is 1. The maximum Gasteiger partial charge on any atom is 0.123 e. The molecule has 4 rings (SSSR count). The normalized spacial score (nSPS) is 20.0. The van der Waals surface area contributed by atoms with Crippen molar-refractivity contribution in [1.29, 1.82) is 0 Å². The summed E-state index contributed by atoms with van der Waals surface area (Å²) in [5.41, 5.74) is 4.19. The van der Waals surface area contributed by atoms with E-state index in [1.165, 1.54) is 12.1 Å². The third-order valence-corrected chi connectivity index (χ3v) is 4.97. The van der Waals surface area contributed by atoms with Gasteiger partial charge in [0.25, 0.3) is 0 Å². The van der Waals surface area contributed by atoms with Gasteiger partial charge in [0.05, 0.1) is 18.1 Å². The van der Waals surface area contributed by atoms with Gasteiger partial charge >= 0.3 is 0 Å². The summed E-state index contributed by atoms with van der Waals surface area (Å²) in [5.74, 6) is -0.249. The summed E-state index contributed by atoms with van der Waals surface area (Å²) in [6.45, 7) is 3.50. The van der Waals surface area contributed by atoms with Crippen LogP contribution in [-0.4, -0.2) is 32.2 Å². The Kier molecular flexibility index (Phi) is 4.57. The molecule has 0 spiro atoms. The van der Waals surface area contributed by atoms with E-state index in [0.29, 0.717) is 6.54 Å². The average Bonchev–Trinajstić information content (AvgIpc) is 3.36. The first-order chi connectivity index (χ1) is 12.6. The van der Waals surface area contributed by atoms with Crippen LogP contribution in [0.15, 0.2) is 42.9 Å². The van der Waals surface area contributed by atoms with Crippen LogP contribution >= 0.6 is 0 Å². The van der Waals surface area contributed by atoms with Crippen LogP contribution in [0.2, 0.25) is 0 Å². The van der Waals surface area contributed by atoms with Crippen LogP contribution in [0.5, 0.6) is 0 Å². The van der Waals surface area contributed by atoms with E-state index in [4.69, 9.17) is 4.74 Å². The number of halogens is 1. The molecule has 2 aromatic heterocycles. The molecule has 7 heteroatoms. The maximum atomic E-state index is 13.1. The standard InChI is InChI=1S/C19H22FN5O/c1-13-17(11-22-24(13)2)19-18(7-8-26-19)21-9-14-10-23-25(12-14)16-5-3-15(20)4-6-16/h3-6,10-12,18-19,21H,7-9H2,1-2H3/t18-,19+/m0/s1. The van der Waals surface area contributed by atoms with Gasteiger partial charge in [0.1, 0.15) is 11.9 Å². The highest BCUT2D eigenvalue weighted by molar-refractivity contribution is 5.31. The summed E-state index contributed by atoms with van der Waals surface area (Å²) in [7, 11) is 1.94. The zero-order chi connectivity index (χ0) is 18.1. The minimum atomic E-state index is -0.249. The Labute approximate surface area is 151 Å². The number of hydrogen-bond donors (Lipinski definition) is 1. The number of benzene rings is 1. The highest BCUT2D eigenvalue weighted by atomic mass is 19.1. The van der Waals surface area contributed by atoms with Gasteiger partial charge in [-0.15, -0.1) is 0 Å². The minimum Gasteiger partial charge on any atom is -0.372 e. The molecule has 1 saturated heterocycles. The molecule has 0 bridgehead atoms. The van der Waals surface area contributed by atoms with Crippen molar-refractivity contribution in [3.8, 4) is 5.69 Å². The fourth-order valence-corrected chi connectivity index (χ4v) is 3.34. The monoisotopic (exact) mass is 355 g/mol. The van der Waals surface area contributed by atoms with E-state index in [0.717, 1.165) is 35.5 Å². The number of aromatic nitrogens is 4. The van der Waals surface area contributed by atoms with Crippen molar-refractivity contribution < 1.29 is 9.13 Å². The molecule has 0 radical (unpaired) electrons. The molecule has 3 heterocycles. The Hall–Kier alpha value is -2.51. The highest BCUT2D eigenvalue weighted by Crippen LogP contribution is 2.31. The second kappa shape index (κ2) is 7.01. The van der Waals surface area contributed by atoms with E-state index >= 15 is 0 Å². The SMILES string of the molecule is Cc1c([C@H]2OCC[C@@H]2NCc2cnn(-c3ccc(F)cc3)c2)cnn1C. The average molecular weight is 355 g/mol. The first-order valence-corrected chi connectivity index (χ1v) is 8.75. The maximum absolute atomic E-state index is 13.1. The molecule has 1 aliphatic heterocycles. The largest absolute Gasteiger partial charge is 0.372 e. The van der Waals surface area contributed by atoms with E-state index in [1.54, 1.807) is 16.8 Å². The molecule has 3 aromatic rings. The molecule has 0 aliphatic carbocycles. The molecule has 1 fully saturated rings. The topological polar surface area (TPSA) is 56.9 Å². The molecule has 0 unspecified atom stereocenters. The molecule has 1 N–H and O–H groups in total. The Morgan fingerprint density at radius 1 is 1.23 bits per heavy atom. The molecule has 0 amide bonds. The number of aryl methyl sites for hydroxylation is 1. The molecule has 136 valence electrons. The zero-order valence-electron chi connectivity index (χ0n) is 14.9. The fraction of sp³-hybridized carbons (Fsp3) is 0.368. The van der Waals surface area contributed by atoms with E-state index < -0.39 is 0 Å². The summed E-state index contributed by atoms with van der Waals surface area (Å²) in [6, 6.07) is 6.54. The number of nitrogens with one attached hydrogen (secondary N) is 1. The quantitative estimate of drug-likeness (QED) is 0.765. The molecular weight excluding hydrogens is 333 g/mol. The predicted octanol–water partition coefficient (Wildman–Crippen LogP) is 2.67. The summed E-state index contributed by atoms with van der Waals surface area (Å²) in [4.78, 5) is 0. The van der Waals surface area contributed by atoms with Crippen LogP contribution in [0.1, 0.15) is 29.3 Å². The summed E-state index contributed by atoms with van der Waals surface area (Å²) < 4.78 is 22.6. The molecule has 6 nitrogen and oxygen atoms in total. The van der Waals surface area contributed by atoms with Crippen molar-refractivity contribution in [2.75, 3.05) is 6.61 Å². The third kappa shape index (κ3) is 3.27. The highest BCUT2D eigenvalue weighted by Gasteiger charge is 2.31. The van der Waals surface area contributed by atoms with Crippen LogP contribution < -0.4 is 5.32 Å². The second-order valence-electron chi connectivity index (χ2n) is 6.65. The van der Waals surface area contributed by atoms with Crippen LogP contribution in [-0.2, 0) is 18.3 Å². The zero-order valence-corrected chi connectivity index (χ0v) is 14.9. The molecular formula is C19H22FN5O. The summed E-state index contributed by atoms with van der Waals surface area (Å²) in [6.07, 6.45) is 6.67. The second-order valence-corrected chi connectivity index (χ2v) is 6.65. The molecule has 2 atom stereocenters. The first-order valence-electron chi connectivity index (χ1n) is 8.75. The molecule has 1 aliphatic rings. The minimum absolute atomic E-state index is 0.0239.